The van der Waals surface area contributed by atoms with Gasteiger partial charge < -0.3 is 19.3 Å². The Bertz CT molecular complexity index is 946. The number of nitrogens with zero attached hydrogens (tertiary/aromatic N) is 2. The number of anilines is 1. The van der Waals surface area contributed by atoms with Crippen molar-refractivity contribution in [1.82, 2.24) is 4.90 Å². The van der Waals surface area contributed by atoms with Crippen molar-refractivity contribution in [2.75, 3.05) is 25.7 Å². The highest BCUT2D eigenvalue weighted by molar-refractivity contribution is 5.99. The molecule has 0 N–H and O–H groups in total. The van der Waals surface area contributed by atoms with Crippen LogP contribution in [0.3, 0.4) is 0 Å². The van der Waals surface area contributed by atoms with Crippen LogP contribution in [0.5, 0.6) is 5.75 Å². The summed E-state index contributed by atoms with van der Waals surface area (Å²) in [5.74, 6) is 0.522. The van der Waals surface area contributed by atoms with E-state index in [-0.39, 0.29) is 35.3 Å². The Morgan fingerprint density at radius 3 is 2.73 bits per heavy atom. The van der Waals surface area contributed by atoms with Crippen molar-refractivity contribution < 1.29 is 23.9 Å². The van der Waals surface area contributed by atoms with Crippen LogP contribution in [-0.2, 0) is 24.5 Å². The number of benzene rings is 1. The summed E-state index contributed by atoms with van der Waals surface area (Å²) in [5, 5.41) is 0. The molecule has 0 bridgehead atoms. The molecule has 2 amide bonds. The number of piperidine rings is 1. The molecule has 1 aromatic rings. The number of ether oxygens (including phenoxy) is 2. The van der Waals surface area contributed by atoms with Gasteiger partial charge in [0.15, 0.2) is 0 Å². The lowest BCUT2D eigenvalue weighted by Gasteiger charge is -2.57. The summed E-state index contributed by atoms with van der Waals surface area (Å²) < 4.78 is 10.7. The van der Waals surface area contributed by atoms with Gasteiger partial charge in [-0.2, -0.15) is 0 Å². The molecule has 3 fully saturated rings. The predicted molar refractivity (Wildman–Crippen MR) is 109 cm³/mol. The fraction of sp³-hybridized carbons (Fsp3) is 0.609. The van der Waals surface area contributed by atoms with E-state index < -0.39 is 5.41 Å². The van der Waals surface area contributed by atoms with E-state index in [2.05, 4.69) is 0 Å². The largest absolute Gasteiger partial charge is 0.495 e. The SMILES string of the molecule is COC(=O)CC12CCCN3C(=O)CC4(c5cccc(OC)c5N(C(C)=O)C4CC1)C32. The third kappa shape index (κ3) is 2.23. The van der Waals surface area contributed by atoms with Gasteiger partial charge in [-0.25, -0.2) is 0 Å². The third-order valence-corrected chi connectivity index (χ3v) is 8.06. The van der Waals surface area contributed by atoms with Gasteiger partial charge in [0.25, 0.3) is 0 Å². The quantitative estimate of drug-likeness (QED) is 0.713. The van der Waals surface area contributed by atoms with Crippen LogP contribution >= 0.6 is 0 Å². The first kappa shape index (κ1) is 19.4. The molecule has 0 aromatic heterocycles. The second-order valence-corrected chi connectivity index (χ2v) is 9.23. The number of hydrogen-bond donors (Lipinski definition) is 0. The summed E-state index contributed by atoms with van der Waals surface area (Å²) in [6.07, 6.45) is 4.02. The Balaban J connectivity index is 1.75. The van der Waals surface area contributed by atoms with Crippen LogP contribution in [0.15, 0.2) is 18.2 Å². The Morgan fingerprint density at radius 1 is 1.23 bits per heavy atom. The highest BCUT2D eigenvalue weighted by Gasteiger charge is 2.71. The summed E-state index contributed by atoms with van der Waals surface area (Å²) in [7, 11) is 3.04. The lowest BCUT2D eigenvalue weighted by molar-refractivity contribution is -0.151. The van der Waals surface area contributed by atoms with Gasteiger partial charge in [0, 0.05) is 36.8 Å². The van der Waals surface area contributed by atoms with Crippen LogP contribution in [0.25, 0.3) is 0 Å². The van der Waals surface area contributed by atoms with Crippen molar-refractivity contribution in [2.45, 2.75) is 62.9 Å². The van der Waals surface area contributed by atoms with Crippen molar-refractivity contribution in [3.8, 4) is 5.75 Å². The number of esters is 1. The number of carbonyl (C=O) groups excluding carboxylic acids is 3. The van der Waals surface area contributed by atoms with Crippen molar-refractivity contribution in [1.29, 1.82) is 0 Å². The standard InChI is InChI=1S/C23H28N2O5/c1-14(26)25-17-8-10-22(13-19(28)30-3)9-5-11-24-18(27)12-23(17,21(22)24)15-6-4-7-16(29-2)20(15)25/h4,6-7,17,21H,5,8-13H2,1-3H3. The van der Waals surface area contributed by atoms with Crippen LogP contribution in [-0.4, -0.2) is 55.5 Å². The van der Waals surface area contributed by atoms with Crippen molar-refractivity contribution >= 4 is 23.5 Å². The second kappa shape index (κ2) is 6.46. The predicted octanol–water partition coefficient (Wildman–Crippen LogP) is 2.41. The van der Waals surface area contributed by atoms with Crippen LogP contribution in [0.2, 0.25) is 0 Å². The van der Waals surface area contributed by atoms with E-state index in [1.54, 1.807) is 14.0 Å². The maximum atomic E-state index is 13.3. The molecule has 4 aliphatic rings. The van der Waals surface area contributed by atoms with Gasteiger partial charge in [0.2, 0.25) is 11.8 Å². The van der Waals surface area contributed by atoms with E-state index in [4.69, 9.17) is 9.47 Å². The molecule has 7 nitrogen and oxygen atoms in total. The number of carbonyl (C=O) groups is 3. The van der Waals surface area contributed by atoms with Gasteiger partial charge >= 0.3 is 5.97 Å². The maximum Gasteiger partial charge on any atom is 0.306 e. The number of methoxy groups -OCH3 is 2. The molecule has 4 atom stereocenters. The number of hydrogen-bond acceptors (Lipinski definition) is 5. The zero-order valence-corrected chi connectivity index (χ0v) is 17.8. The first-order chi connectivity index (χ1) is 14.4. The fourth-order valence-electron chi connectivity index (χ4n) is 7.24. The number of fused-ring (bicyclic) bond motifs is 1. The summed E-state index contributed by atoms with van der Waals surface area (Å²) in [4.78, 5) is 42.5. The Kier molecular flexibility index (Phi) is 4.18. The van der Waals surface area contributed by atoms with Gasteiger partial charge in [-0.3, -0.25) is 14.4 Å². The first-order valence-electron chi connectivity index (χ1n) is 10.7. The average Bonchev–Trinajstić information content (AvgIpc) is 3.20. The van der Waals surface area contributed by atoms with E-state index >= 15 is 0 Å². The summed E-state index contributed by atoms with van der Waals surface area (Å²) in [6, 6.07) is 5.65. The lowest BCUT2D eigenvalue weighted by atomic mass is 9.52. The lowest BCUT2D eigenvalue weighted by Crippen LogP contribution is -2.65. The molecule has 1 aromatic carbocycles. The molecule has 3 aliphatic heterocycles. The van der Waals surface area contributed by atoms with Crippen LogP contribution in [0.1, 0.15) is 51.0 Å². The van der Waals surface area contributed by atoms with Crippen molar-refractivity contribution in [2.24, 2.45) is 5.41 Å². The van der Waals surface area contributed by atoms with Gasteiger partial charge in [-0.15, -0.1) is 0 Å². The first-order valence-corrected chi connectivity index (χ1v) is 10.7. The Morgan fingerprint density at radius 2 is 2.03 bits per heavy atom. The molecule has 1 spiro atoms. The molecule has 1 aliphatic carbocycles. The minimum Gasteiger partial charge on any atom is -0.495 e. The Labute approximate surface area is 176 Å². The zero-order chi connectivity index (χ0) is 21.3. The molecule has 0 radical (unpaired) electrons. The number of para-hydroxylation sites is 1. The summed E-state index contributed by atoms with van der Waals surface area (Å²) in [5.41, 5.74) is 0.978. The molecule has 3 heterocycles. The second-order valence-electron chi connectivity index (χ2n) is 9.23. The number of rotatable bonds is 3. The van der Waals surface area contributed by atoms with E-state index in [1.165, 1.54) is 7.11 Å². The smallest absolute Gasteiger partial charge is 0.306 e. The van der Waals surface area contributed by atoms with Gasteiger partial charge in [0.05, 0.1) is 32.4 Å². The highest BCUT2D eigenvalue weighted by Crippen LogP contribution is 2.66. The minimum absolute atomic E-state index is 0.0372. The topological polar surface area (TPSA) is 76.2 Å². The number of amides is 2. The van der Waals surface area contributed by atoms with E-state index in [9.17, 15) is 14.4 Å². The van der Waals surface area contributed by atoms with Crippen LogP contribution in [0, 0.1) is 5.41 Å². The van der Waals surface area contributed by atoms with Crippen molar-refractivity contribution in [3.05, 3.63) is 23.8 Å². The molecule has 7 heteroatoms. The Hall–Kier alpha value is -2.57. The average molecular weight is 412 g/mol. The molecule has 160 valence electrons. The minimum atomic E-state index is -0.515. The third-order valence-electron chi connectivity index (χ3n) is 8.06. The molecule has 30 heavy (non-hydrogen) atoms. The summed E-state index contributed by atoms with van der Waals surface area (Å²) >= 11 is 0. The highest BCUT2D eigenvalue weighted by atomic mass is 16.5. The maximum absolute atomic E-state index is 13.3. The van der Waals surface area contributed by atoms with Gasteiger partial charge in [-0.1, -0.05) is 12.1 Å². The van der Waals surface area contributed by atoms with Crippen LogP contribution in [0.4, 0.5) is 5.69 Å². The normalized spacial score (nSPS) is 33.6. The van der Waals surface area contributed by atoms with E-state index in [1.807, 2.05) is 28.0 Å². The summed E-state index contributed by atoms with van der Waals surface area (Å²) in [6.45, 7) is 2.29. The monoisotopic (exact) mass is 412 g/mol. The van der Waals surface area contributed by atoms with E-state index in [0.29, 0.717) is 25.1 Å². The van der Waals surface area contributed by atoms with Gasteiger partial charge in [-0.05, 0) is 37.3 Å². The molecular formula is C23H28N2O5. The van der Waals surface area contributed by atoms with Crippen LogP contribution < -0.4 is 9.64 Å². The zero-order valence-electron chi connectivity index (χ0n) is 17.8. The molecule has 1 saturated carbocycles. The fourth-order valence-corrected chi connectivity index (χ4v) is 7.24. The van der Waals surface area contributed by atoms with E-state index in [0.717, 1.165) is 36.9 Å². The molecule has 5 rings (SSSR count). The molecular weight excluding hydrogens is 384 g/mol. The van der Waals surface area contributed by atoms with Crippen molar-refractivity contribution in [3.63, 3.8) is 0 Å². The molecule has 4 unspecified atom stereocenters. The van der Waals surface area contributed by atoms with Gasteiger partial charge in [0.1, 0.15) is 5.75 Å². The molecule has 2 saturated heterocycles.